The Morgan fingerprint density at radius 3 is 2.69 bits per heavy atom. The fourth-order valence-electron chi connectivity index (χ4n) is 1.93. The van der Waals surface area contributed by atoms with Crippen molar-refractivity contribution in [3.63, 3.8) is 0 Å². The Bertz CT molecular complexity index is 277. The summed E-state index contributed by atoms with van der Waals surface area (Å²) in [7, 11) is 0. The zero-order chi connectivity index (χ0) is 12.0. The number of hydrogen-bond donors (Lipinski definition) is 1. The van der Waals surface area contributed by atoms with Crippen LogP contribution in [-0.2, 0) is 4.79 Å². The molecule has 1 aliphatic rings. The molecule has 16 heavy (non-hydrogen) atoms. The van der Waals surface area contributed by atoms with Crippen molar-refractivity contribution in [3.8, 4) is 0 Å². The van der Waals surface area contributed by atoms with Gasteiger partial charge in [0.1, 0.15) is 6.54 Å². The lowest BCUT2D eigenvalue weighted by Crippen LogP contribution is -2.47. The van der Waals surface area contributed by atoms with E-state index >= 15 is 0 Å². The molecule has 0 aromatic heterocycles. The summed E-state index contributed by atoms with van der Waals surface area (Å²) in [4.78, 5) is 16.3. The second-order valence-corrected chi connectivity index (χ2v) is 4.36. The number of nitrogens with one attached hydrogen (secondary N) is 1. The molecule has 0 aromatic carbocycles. The summed E-state index contributed by atoms with van der Waals surface area (Å²) in [5, 5.41) is 6.12. The van der Waals surface area contributed by atoms with Gasteiger partial charge in [0.05, 0.1) is 0 Å². The molecule has 1 saturated heterocycles. The first-order valence-electron chi connectivity index (χ1n) is 5.67. The minimum Gasteiger partial charge on any atom is -0.353 e. The van der Waals surface area contributed by atoms with E-state index in [1.165, 1.54) is 0 Å². The third kappa shape index (κ3) is 4.08. The molecule has 1 fully saturated rings. The maximum Gasteiger partial charge on any atom is 0.226 e. The molecule has 1 heterocycles. The second-order valence-electron chi connectivity index (χ2n) is 4.36. The Kier molecular flexibility index (Phi) is 5.08. The van der Waals surface area contributed by atoms with Gasteiger partial charge in [0.2, 0.25) is 5.91 Å². The molecule has 0 spiro atoms. The first-order chi connectivity index (χ1) is 7.63. The zero-order valence-corrected chi connectivity index (χ0v) is 9.89. The van der Waals surface area contributed by atoms with Crippen molar-refractivity contribution in [2.75, 3.05) is 19.6 Å². The van der Waals surface area contributed by atoms with Crippen LogP contribution in [0.1, 0.15) is 26.7 Å². The molecule has 0 saturated carbocycles. The summed E-state index contributed by atoms with van der Waals surface area (Å²) in [6.07, 6.45) is 1.94. The van der Waals surface area contributed by atoms with E-state index in [0.717, 1.165) is 25.9 Å². The minimum absolute atomic E-state index is 0.0963. The van der Waals surface area contributed by atoms with Crippen LogP contribution in [0.4, 0.5) is 0 Å². The highest BCUT2D eigenvalue weighted by atomic mass is 16.1. The number of nitrogens with zero attached hydrogens (tertiary/aromatic N) is 4. The maximum absolute atomic E-state index is 11.3. The van der Waals surface area contributed by atoms with Crippen LogP contribution < -0.4 is 5.32 Å². The van der Waals surface area contributed by atoms with Crippen LogP contribution in [0.3, 0.4) is 0 Å². The fourth-order valence-corrected chi connectivity index (χ4v) is 1.93. The average Bonchev–Trinajstić information content (AvgIpc) is 2.27. The van der Waals surface area contributed by atoms with E-state index in [1.54, 1.807) is 0 Å². The molecule has 0 aliphatic carbocycles. The molecule has 6 nitrogen and oxygen atoms in total. The molecule has 1 aliphatic heterocycles. The number of amides is 1. The summed E-state index contributed by atoms with van der Waals surface area (Å²) in [6.45, 7) is 6.30. The van der Waals surface area contributed by atoms with Crippen molar-refractivity contribution in [3.05, 3.63) is 10.4 Å². The Balaban J connectivity index is 2.26. The summed E-state index contributed by atoms with van der Waals surface area (Å²) < 4.78 is 0. The van der Waals surface area contributed by atoms with E-state index < -0.39 is 0 Å². The van der Waals surface area contributed by atoms with E-state index in [-0.39, 0.29) is 18.5 Å². The van der Waals surface area contributed by atoms with Gasteiger partial charge in [-0.15, -0.1) is 0 Å². The topological polar surface area (TPSA) is 81.1 Å². The van der Waals surface area contributed by atoms with Crippen molar-refractivity contribution < 1.29 is 4.79 Å². The van der Waals surface area contributed by atoms with Crippen LogP contribution in [0.15, 0.2) is 5.11 Å². The first kappa shape index (κ1) is 12.8. The van der Waals surface area contributed by atoms with Crippen molar-refractivity contribution in [1.82, 2.24) is 10.2 Å². The molecule has 0 radical (unpaired) electrons. The highest BCUT2D eigenvalue weighted by Crippen LogP contribution is 2.12. The average molecular weight is 225 g/mol. The van der Waals surface area contributed by atoms with Gasteiger partial charge in [-0.2, -0.15) is 0 Å². The molecular weight excluding hydrogens is 206 g/mol. The molecule has 1 N–H and O–H groups in total. The number of likely N-dealkylation sites (tertiary alicyclic amines) is 1. The van der Waals surface area contributed by atoms with Crippen LogP contribution in [-0.4, -0.2) is 42.5 Å². The summed E-state index contributed by atoms with van der Waals surface area (Å²) in [6, 6.07) is 0.802. The van der Waals surface area contributed by atoms with Crippen LogP contribution in [0.25, 0.3) is 10.4 Å². The van der Waals surface area contributed by atoms with Gasteiger partial charge in [0, 0.05) is 30.1 Å². The normalized spacial score (nSPS) is 18.2. The molecule has 0 unspecified atom stereocenters. The number of carbonyl (C=O) groups excluding carboxylic acids is 1. The Morgan fingerprint density at radius 1 is 1.56 bits per heavy atom. The van der Waals surface area contributed by atoms with Crippen molar-refractivity contribution in [1.29, 1.82) is 0 Å². The van der Waals surface area contributed by atoms with Crippen LogP contribution in [0, 0.1) is 0 Å². The van der Waals surface area contributed by atoms with Gasteiger partial charge in [-0.1, -0.05) is 5.11 Å². The monoisotopic (exact) mass is 225 g/mol. The van der Waals surface area contributed by atoms with Gasteiger partial charge in [-0.3, -0.25) is 4.79 Å². The predicted octanol–water partition coefficient (Wildman–Crippen LogP) is 1.29. The van der Waals surface area contributed by atoms with Gasteiger partial charge in [0.25, 0.3) is 0 Å². The van der Waals surface area contributed by atoms with Crippen LogP contribution >= 0.6 is 0 Å². The lowest BCUT2D eigenvalue weighted by atomic mass is 10.0. The maximum atomic E-state index is 11.3. The number of azide groups is 1. The van der Waals surface area contributed by atoms with E-state index in [1.807, 2.05) is 0 Å². The van der Waals surface area contributed by atoms with E-state index in [9.17, 15) is 4.79 Å². The summed E-state index contributed by atoms with van der Waals surface area (Å²) >= 11 is 0. The highest BCUT2D eigenvalue weighted by Gasteiger charge is 2.21. The van der Waals surface area contributed by atoms with Gasteiger partial charge in [-0.05, 0) is 32.2 Å². The van der Waals surface area contributed by atoms with Gasteiger partial charge >= 0.3 is 0 Å². The largest absolute Gasteiger partial charge is 0.353 e. The SMILES string of the molecule is CC(C)N1CCC(NC(=O)CN=[N+]=[N-])CC1. The lowest BCUT2D eigenvalue weighted by molar-refractivity contribution is -0.120. The smallest absolute Gasteiger partial charge is 0.226 e. The minimum atomic E-state index is -0.180. The van der Waals surface area contributed by atoms with E-state index in [0.29, 0.717) is 6.04 Å². The second kappa shape index (κ2) is 6.35. The van der Waals surface area contributed by atoms with Crippen molar-refractivity contribution >= 4 is 5.91 Å². The van der Waals surface area contributed by atoms with Gasteiger partial charge < -0.3 is 10.2 Å². The van der Waals surface area contributed by atoms with Gasteiger partial charge in [-0.25, -0.2) is 0 Å². The van der Waals surface area contributed by atoms with Crippen LogP contribution in [0.5, 0.6) is 0 Å². The number of rotatable bonds is 4. The molecular formula is C10H19N5O. The molecule has 0 atom stereocenters. The van der Waals surface area contributed by atoms with Crippen LogP contribution in [0.2, 0.25) is 0 Å². The fraction of sp³-hybridized carbons (Fsp3) is 0.900. The Hall–Kier alpha value is -1.26. The Labute approximate surface area is 95.6 Å². The standard InChI is InChI=1S/C10H19N5O/c1-8(2)15-5-3-9(4-6-15)13-10(16)7-12-14-11/h8-9H,3-7H2,1-2H3,(H,13,16). The Morgan fingerprint density at radius 2 is 2.19 bits per heavy atom. The number of piperidine rings is 1. The molecule has 1 rings (SSSR count). The van der Waals surface area contributed by atoms with E-state index in [4.69, 9.17) is 5.53 Å². The molecule has 6 heteroatoms. The predicted molar refractivity (Wildman–Crippen MR) is 61.9 cm³/mol. The van der Waals surface area contributed by atoms with Crippen molar-refractivity contribution in [2.45, 2.75) is 38.8 Å². The first-order valence-corrected chi connectivity index (χ1v) is 5.67. The third-order valence-electron chi connectivity index (χ3n) is 2.90. The third-order valence-corrected chi connectivity index (χ3v) is 2.90. The number of hydrogen-bond acceptors (Lipinski definition) is 3. The quantitative estimate of drug-likeness (QED) is 0.444. The van der Waals surface area contributed by atoms with E-state index in [2.05, 4.69) is 34.1 Å². The molecule has 1 amide bonds. The van der Waals surface area contributed by atoms with Crippen molar-refractivity contribution in [2.24, 2.45) is 5.11 Å². The molecule has 0 bridgehead atoms. The summed E-state index contributed by atoms with van der Waals surface area (Å²) in [5.41, 5.74) is 8.09. The van der Waals surface area contributed by atoms with Gasteiger partial charge in [0.15, 0.2) is 0 Å². The molecule has 90 valence electrons. The zero-order valence-electron chi connectivity index (χ0n) is 9.89. The molecule has 0 aromatic rings. The number of carbonyl (C=O) groups is 1. The lowest BCUT2D eigenvalue weighted by Gasteiger charge is -2.34. The summed E-state index contributed by atoms with van der Waals surface area (Å²) in [5.74, 6) is -0.180. The highest BCUT2D eigenvalue weighted by molar-refractivity contribution is 5.78.